The van der Waals surface area contributed by atoms with Gasteiger partial charge >= 0.3 is 6.09 Å². The van der Waals surface area contributed by atoms with Crippen LogP contribution < -0.4 is 5.32 Å². The highest BCUT2D eigenvalue weighted by Crippen LogP contribution is 2.60. The summed E-state index contributed by atoms with van der Waals surface area (Å²) in [6.07, 6.45) is 7.51. The molecule has 5 nitrogen and oxygen atoms in total. The molecule has 0 radical (unpaired) electrons. The molecule has 2 saturated heterocycles. The predicted molar refractivity (Wildman–Crippen MR) is 101 cm³/mol. The Morgan fingerprint density at radius 1 is 1.07 bits per heavy atom. The van der Waals surface area contributed by atoms with Gasteiger partial charge in [0.25, 0.3) is 0 Å². The molecule has 1 N–H and O–H groups in total. The third-order valence-electron chi connectivity index (χ3n) is 7.60. The topological polar surface area (TPSA) is 58.6 Å². The molecule has 1 aromatic carbocycles. The Labute approximate surface area is 160 Å². The second-order valence-electron chi connectivity index (χ2n) is 8.74. The zero-order chi connectivity index (χ0) is 18.4. The Hall–Kier alpha value is -2.04. The number of nitrogens with one attached hydrogen (secondary N) is 1. The van der Waals surface area contributed by atoms with Gasteiger partial charge in [-0.05, 0) is 49.5 Å². The van der Waals surface area contributed by atoms with Crippen LogP contribution >= 0.6 is 0 Å². The van der Waals surface area contributed by atoms with Gasteiger partial charge in [0.05, 0.1) is 17.5 Å². The van der Waals surface area contributed by atoms with Gasteiger partial charge in [0.1, 0.15) is 6.61 Å². The number of hydrogen-bond donors (Lipinski definition) is 1. The zero-order valence-electron chi connectivity index (χ0n) is 15.7. The van der Waals surface area contributed by atoms with E-state index in [1.54, 1.807) is 0 Å². The Bertz CT molecular complexity index is 712. The van der Waals surface area contributed by atoms with Gasteiger partial charge in [0, 0.05) is 6.54 Å². The van der Waals surface area contributed by atoms with Crippen molar-refractivity contribution in [3.63, 3.8) is 0 Å². The van der Waals surface area contributed by atoms with Crippen LogP contribution in [0.2, 0.25) is 0 Å². The smallest absolute Gasteiger partial charge is 0.410 e. The van der Waals surface area contributed by atoms with Crippen molar-refractivity contribution >= 4 is 12.0 Å². The fourth-order valence-corrected chi connectivity index (χ4v) is 5.93. The standard InChI is InChI=1S/C22H28N2O3/c25-20-22(16-8-4-9-16,17-10-5-11-17)19-18(23-20)12-13-24(19)21(26)27-14-15-6-2-1-3-7-15/h1-3,6-7,16-19H,4-5,8-14H2,(H,23,25)/t18-,19-/m0/s1. The minimum absolute atomic E-state index is 0.0242. The highest BCUT2D eigenvalue weighted by molar-refractivity contribution is 5.89. The highest BCUT2D eigenvalue weighted by Gasteiger charge is 2.68. The van der Waals surface area contributed by atoms with Crippen molar-refractivity contribution in [1.29, 1.82) is 0 Å². The van der Waals surface area contributed by atoms with Crippen molar-refractivity contribution in [2.75, 3.05) is 6.54 Å². The van der Waals surface area contributed by atoms with Gasteiger partial charge < -0.3 is 15.0 Å². The van der Waals surface area contributed by atoms with Crippen LogP contribution in [0.3, 0.4) is 0 Å². The number of fused-ring (bicyclic) bond motifs is 1. The van der Waals surface area contributed by atoms with Gasteiger partial charge in [-0.2, -0.15) is 0 Å². The summed E-state index contributed by atoms with van der Waals surface area (Å²) in [7, 11) is 0. The lowest BCUT2D eigenvalue weighted by molar-refractivity contribution is -0.145. The number of carbonyl (C=O) groups is 2. The monoisotopic (exact) mass is 368 g/mol. The second kappa shape index (κ2) is 6.54. The van der Waals surface area contributed by atoms with E-state index in [1.165, 1.54) is 12.8 Å². The maximum Gasteiger partial charge on any atom is 0.410 e. The fraction of sp³-hybridized carbons (Fsp3) is 0.636. The summed E-state index contributed by atoms with van der Waals surface area (Å²) in [4.78, 5) is 28.1. The van der Waals surface area contributed by atoms with E-state index in [9.17, 15) is 9.59 Å². The molecular formula is C22H28N2O3. The molecule has 27 heavy (non-hydrogen) atoms. The Balaban J connectivity index is 1.39. The van der Waals surface area contributed by atoms with Gasteiger partial charge in [0.15, 0.2) is 0 Å². The third-order valence-corrected chi connectivity index (χ3v) is 7.60. The summed E-state index contributed by atoms with van der Waals surface area (Å²) < 4.78 is 5.66. The Kier molecular flexibility index (Phi) is 4.14. The fourth-order valence-electron chi connectivity index (χ4n) is 5.93. The SMILES string of the molecule is O=C(OCc1ccccc1)N1CC[C@@H]2NC(=O)C(C3CCC3)(C3CCC3)[C@H]21. The van der Waals surface area contributed by atoms with Gasteiger partial charge in [-0.3, -0.25) is 4.79 Å². The van der Waals surface area contributed by atoms with Crippen molar-refractivity contribution in [2.24, 2.45) is 17.3 Å². The summed E-state index contributed by atoms with van der Waals surface area (Å²) >= 11 is 0. The molecule has 0 aromatic heterocycles. The molecule has 2 saturated carbocycles. The van der Waals surface area contributed by atoms with E-state index < -0.39 is 0 Å². The molecule has 4 aliphatic rings. The number of rotatable bonds is 4. The minimum atomic E-state index is -0.372. The number of nitrogens with zero attached hydrogens (tertiary/aromatic N) is 1. The molecule has 5 rings (SSSR count). The number of benzene rings is 1. The van der Waals surface area contributed by atoms with Crippen molar-refractivity contribution in [3.8, 4) is 0 Å². The molecule has 0 unspecified atom stereocenters. The van der Waals surface area contributed by atoms with E-state index in [4.69, 9.17) is 4.74 Å². The van der Waals surface area contributed by atoms with Crippen molar-refractivity contribution in [1.82, 2.24) is 10.2 Å². The van der Waals surface area contributed by atoms with Gasteiger partial charge in [-0.15, -0.1) is 0 Å². The molecule has 5 heteroatoms. The minimum Gasteiger partial charge on any atom is -0.445 e. The Morgan fingerprint density at radius 3 is 2.33 bits per heavy atom. The molecule has 144 valence electrons. The van der Waals surface area contributed by atoms with E-state index >= 15 is 0 Å². The summed E-state index contributed by atoms with van der Waals surface area (Å²) in [6.45, 7) is 0.971. The molecule has 0 bridgehead atoms. The third kappa shape index (κ3) is 2.50. The van der Waals surface area contributed by atoms with Crippen molar-refractivity contribution in [2.45, 2.75) is 63.6 Å². The van der Waals surface area contributed by atoms with Crippen molar-refractivity contribution in [3.05, 3.63) is 35.9 Å². The van der Waals surface area contributed by atoms with Crippen LogP contribution in [0.15, 0.2) is 30.3 Å². The molecule has 2 heterocycles. The molecule has 2 atom stereocenters. The van der Waals surface area contributed by atoms with Crippen LogP contribution in [0, 0.1) is 17.3 Å². The molecule has 2 aliphatic heterocycles. The molecule has 4 fully saturated rings. The van der Waals surface area contributed by atoms with Crippen LogP contribution in [-0.2, 0) is 16.1 Å². The van der Waals surface area contributed by atoms with Crippen LogP contribution in [0.5, 0.6) is 0 Å². The normalized spacial score (nSPS) is 29.6. The van der Waals surface area contributed by atoms with Crippen LogP contribution in [-0.4, -0.2) is 35.5 Å². The lowest BCUT2D eigenvalue weighted by Crippen LogP contribution is -2.59. The maximum absolute atomic E-state index is 13.2. The molecule has 0 spiro atoms. The molecule has 2 aliphatic carbocycles. The number of carbonyl (C=O) groups excluding carboxylic acids is 2. The van der Waals surface area contributed by atoms with E-state index in [2.05, 4.69) is 5.32 Å². The summed E-state index contributed by atoms with van der Waals surface area (Å²) in [5, 5.41) is 3.28. The van der Waals surface area contributed by atoms with Gasteiger partial charge in [0.2, 0.25) is 5.91 Å². The summed E-state index contributed by atoms with van der Waals surface area (Å²) in [5.74, 6) is 1.08. The second-order valence-corrected chi connectivity index (χ2v) is 8.74. The number of hydrogen-bond acceptors (Lipinski definition) is 3. The first-order valence-electron chi connectivity index (χ1n) is 10.5. The Morgan fingerprint density at radius 2 is 1.74 bits per heavy atom. The summed E-state index contributed by atoms with van der Waals surface area (Å²) in [5.41, 5.74) is 0.621. The summed E-state index contributed by atoms with van der Waals surface area (Å²) in [6, 6.07) is 9.87. The van der Waals surface area contributed by atoms with Gasteiger partial charge in [-0.1, -0.05) is 43.2 Å². The first kappa shape index (κ1) is 17.1. The van der Waals surface area contributed by atoms with Gasteiger partial charge in [-0.25, -0.2) is 4.79 Å². The van der Waals surface area contributed by atoms with Crippen molar-refractivity contribution < 1.29 is 14.3 Å². The largest absolute Gasteiger partial charge is 0.445 e. The first-order valence-corrected chi connectivity index (χ1v) is 10.5. The molecule has 1 aromatic rings. The number of ether oxygens (including phenoxy) is 1. The number of amides is 2. The van der Waals surface area contributed by atoms with Crippen LogP contribution in [0.1, 0.15) is 50.5 Å². The van der Waals surface area contributed by atoms with E-state index in [0.29, 0.717) is 18.4 Å². The average molecular weight is 368 g/mol. The lowest BCUT2D eigenvalue weighted by Gasteiger charge is -2.53. The number of likely N-dealkylation sites (tertiary alicyclic amines) is 1. The maximum atomic E-state index is 13.2. The van der Waals surface area contributed by atoms with E-state index in [0.717, 1.165) is 37.7 Å². The van der Waals surface area contributed by atoms with E-state index in [1.807, 2.05) is 35.2 Å². The highest BCUT2D eigenvalue weighted by atomic mass is 16.6. The quantitative estimate of drug-likeness (QED) is 0.885. The van der Waals surface area contributed by atoms with Crippen LogP contribution in [0.25, 0.3) is 0 Å². The molecular weight excluding hydrogens is 340 g/mol. The average Bonchev–Trinajstić information content (AvgIpc) is 3.10. The lowest BCUT2D eigenvalue weighted by atomic mass is 9.51. The predicted octanol–water partition coefficient (Wildman–Crippen LogP) is 3.48. The first-order chi connectivity index (χ1) is 13.2. The molecule has 2 amide bonds. The zero-order valence-corrected chi connectivity index (χ0v) is 15.7. The van der Waals surface area contributed by atoms with Crippen LogP contribution in [0.4, 0.5) is 4.79 Å². The van der Waals surface area contributed by atoms with E-state index in [-0.39, 0.29) is 36.1 Å².